The first-order chi connectivity index (χ1) is 16.2. The van der Waals surface area contributed by atoms with E-state index in [1.807, 2.05) is 36.5 Å². The molecule has 1 aromatic carbocycles. The van der Waals surface area contributed by atoms with E-state index in [-0.39, 0.29) is 12.1 Å². The molecule has 3 aromatic rings. The smallest absolute Gasteiger partial charge is 0.174 e. The molecule has 0 bridgehead atoms. The molecule has 1 N–H and O–H groups in total. The van der Waals surface area contributed by atoms with E-state index in [4.69, 9.17) is 21.7 Å². The predicted octanol–water partition coefficient (Wildman–Crippen LogP) is 5.58. The summed E-state index contributed by atoms with van der Waals surface area (Å²) in [5.41, 5.74) is 3.08. The number of thiocarbonyl (C=S) groups is 1. The van der Waals surface area contributed by atoms with Gasteiger partial charge < -0.3 is 24.3 Å². The van der Waals surface area contributed by atoms with E-state index < -0.39 is 0 Å². The van der Waals surface area contributed by atoms with E-state index in [1.165, 1.54) is 37.8 Å². The molecule has 2 atom stereocenters. The summed E-state index contributed by atoms with van der Waals surface area (Å²) >= 11 is 5.92. The van der Waals surface area contributed by atoms with Gasteiger partial charge in [0.25, 0.3) is 0 Å². The first kappa shape index (κ1) is 21.8. The molecule has 1 aliphatic heterocycles. The minimum absolute atomic E-state index is 0.0784. The van der Waals surface area contributed by atoms with Crippen LogP contribution in [-0.2, 0) is 0 Å². The van der Waals surface area contributed by atoms with Crippen molar-refractivity contribution in [1.82, 2.24) is 14.9 Å². The molecule has 0 unspecified atom stereocenters. The average molecular weight is 463 g/mol. The second kappa shape index (κ2) is 9.43. The highest BCUT2D eigenvalue weighted by molar-refractivity contribution is 7.80. The van der Waals surface area contributed by atoms with Gasteiger partial charge in [0.05, 0.1) is 31.6 Å². The zero-order valence-electron chi connectivity index (χ0n) is 19.1. The lowest BCUT2D eigenvalue weighted by Crippen LogP contribution is -2.31. The monoisotopic (exact) mass is 462 g/mol. The second-order valence-electron chi connectivity index (χ2n) is 8.67. The van der Waals surface area contributed by atoms with Crippen molar-refractivity contribution in [2.45, 2.75) is 50.2 Å². The van der Waals surface area contributed by atoms with Crippen molar-refractivity contribution in [2.24, 2.45) is 0 Å². The number of ether oxygens (including phenoxy) is 2. The summed E-state index contributed by atoms with van der Waals surface area (Å²) in [6, 6.07) is 16.6. The number of hydrogen-bond acceptors (Lipinski definition) is 4. The van der Waals surface area contributed by atoms with Crippen molar-refractivity contribution >= 4 is 23.0 Å². The maximum absolute atomic E-state index is 5.92. The van der Waals surface area contributed by atoms with Crippen molar-refractivity contribution in [1.29, 1.82) is 0 Å². The first-order valence-corrected chi connectivity index (χ1v) is 12.0. The third-order valence-corrected chi connectivity index (χ3v) is 7.14. The lowest BCUT2D eigenvalue weighted by atomic mass is 9.94. The molecule has 1 saturated heterocycles. The topological polar surface area (TPSA) is 51.6 Å². The number of benzene rings is 1. The third kappa shape index (κ3) is 4.06. The number of aromatic nitrogens is 2. The van der Waals surface area contributed by atoms with Gasteiger partial charge in [-0.25, -0.2) is 0 Å². The highest BCUT2D eigenvalue weighted by Crippen LogP contribution is 2.46. The summed E-state index contributed by atoms with van der Waals surface area (Å²) in [6.45, 7) is 0. The lowest BCUT2D eigenvalue weighted by Gasteiger charge is -2.33. The molecule has 1 aliphatic carbocycles. The van der Waals surface area contributed by atoms with Crippen LogP contribution in [0.25, 0.3) is 0 Å². The van der Waals surface area contributed by atoms with Crippen LogP contribution in [0.2, 0.25) is 0 Å². The first-order valence-electron chi connectivity index (χ1n) is 11.6. The Hall–Kier alpha value is -3.06. The van der Waals surface area contributed by atoms with Gasteiger partial charge in [-0.05, 0) is 61.5 Å². The molecule has 2 aliphatic rings. The third-order valence-electron chi connectivity index (χ3n) is 6.83. The molecule has 5 rings (SSSR count). The molecular formula is C26H30N4O2S. The van der Waals surface area contributed by atoms with Crippen molar-refractivity contribution in [3.05, 3.63) is 72.3 Å². The molecular weight excluding hydrogens is 432 g/mol. The van der Waals surface area contributed by atoms with Crippen LogP contribution in [0, 0.1) is 0 Å². The molecule has 2 aromatic heterocycles. The SMILES string of the molecule is COc1ccc(OC)c(N2C(=S)N[C@@H](c3ccccn3)[C@@H]2c2cccn2C2CCCCC2)c1. The summed E-state index contributed by atoms with van der Waals surface area (Å²) in [5.74, 6) is 1.51. The molecule has 0 spiro atoms. The van der Waals surface area contributed by atoms with Gasteiger partial charge in [0.2, 0.25) is 0 Å². The number of pyridine rings is 1. The van der Waals surface area contributed by atoms with Crippen molar-refractivity contribution < 1.29 is 9.47 Å². The number of rotatable bonds is 6. The van der Waals surface area contributed by atoms with Crippen LogP contribution in [0.15, 0.2) is 60.9 Å². The zero-order valence-corrected chi connectivity index (χ0v) is 19.9. The van der Waals surface area contributed by atoms with E-state index in [1.54, 1.807) is 14.2 Å². The molecule has 6 nitrogen and oxygen atoms in total. The summed E-state index contributed by atoms with van der Waals surface area (Å²) in [4.78, 5) is 6.86. The van der Waals surface area contributed by atoms with Gasteiger partial charge in [0.15, 0.2) is 5.11 Å². The number of nitrogens with zero attached hydrogens (tertiary/aromatic N) is 3. The molecule has 1 saturated carbocycles. The van der Waals surface area contributed by atoms with Gasteiger partial charge in [0.1, 0.15) is 17.5 Å². The summed E-state index contributed by atoms with van der Waals surface area (Å²) in [5, 5.41) is 4.21. The molecule has 2 fully saturated rings. The van der Waals surface area contributed by atoms with E-state index in [9.17, 15) is 0 Å². The molecule has 7 heteroatoms. The van der Waals surface area contributed by atoms with Gasteiger partial charge in [-0.15, -0.1) is 0 Å². The van der Waals surface area contributed by atoms with Crippen LogP contribution in [0.5, 0.6) is 11.5 Å². The van der Waals surface area contributed by atoms with Crippen molar-refractivity contribution in [3.63, 3.8) is 0 Å². The van der Waals surface area contributed by atoms with Gasteiger partial charge >= 0.3 is 0 Å². The molecule has 0 radical (unpaired) electrons. The Kier molecular flexibility index (Phi) is 6.22. The van der Waals surface area contributed by atoms with E-state index >= 15 is 0 Å². The highest BCUT2D eigenvalue weighted by Gasteiger charge is 2.43. The van der Waals surface area contributed by atoms with Crippen LogP contribution in [0.4, 0.5) is 5.69 Å². The number of methoxy groups -OCH3 is 2. The zero-order chi connectivity index (χ0) is 22.8. The van der Waals surface area contributed by atoms with E-state index in [0.29, 0.717) is 11.2 Å². The fraction of sp³-hybridized carbons (Fsp3) is 0.385. The Morgan fingerprint density at radius 2 is 1.85 bits per heavy atom. The molecule has 0 amide bonds. The maximum atomic E-state index is 5.92. The van der Waals surface area contributed by atoms with Gasteiger partial charge in [0, 0.05) is 30.2 Å². The maximum Gasteiger partial charge on any atom is 0.174 e. The lowest BCUT2D eigenvalue weighted by molar-refractivity contribution is 0.339. The van der Waals surface area contributed by atoms with Gasteiger partial charge in [-0.1, -0.05) is 25.3 Å². The molecule has 3 heterocycles. The van der Waals surface area contributed by atoms with E-state index in [2.05, 4.69) is 44.2 Å². The number of nitrogens with one attached hydrogen (secondary N) is 1. The van der Waals surface area contributed by atoms with Gasteiger partial charge in [-0.2, -0.15) is 0 Å². The van der Waals surface area contributed by atoms with Gasteiger partial charge in [-0.3, -0.25) is 4.98 Å². The van der Waals surface area contributed by atoms with Crippen LogP contribution >= 0.6 is 12.2 Å². The van der Waals surface area contributed by atoms with Crippen LogP contribution in [-0.4, -0.2) is 28.9 Å². The summed E-state index contributed by atoms with van der Waals surface area (Å²) in [7, 11) is 3.36. The average Bonchev–Trinajstić information content (AvgIpc) is 3.49. The van der Waals surface area contributed by atoms with Crippen LogP contribution in [0.1, 0.15) is 61.6 Å². The van der Waals surface area contributed by atoms with Crippen LogP contribution in [0.3, 0.4) is 0 Å². The second-order valence-corrected chi connectivity index (χ2v) is 9.05. The Bertz CT molecular complexity index is 1110. The van der Waals surface area contributed by atoms with Crippen LogP contribution < -0.4 is 19.7 Å². The van der Waals surface area contributed by atoms with E-state index in [0.717, 1.165) is 22.9 Å². The highest BCUT2D eigenvalue weighted by atomic mass is 32.1. The normalized spacial score (nSPS) is 21.2. The number of hydrogen-bond donors (Lipinski definition) is 1. The predicted molar refractivity (Wildman–Crippen MR) is 134 cm³/mol. The Labute approximate surface area is 200 Å². The Morgan fingerprint density at radius 1 is 1.00 bits per heavy atom. The van der Waals surface area contributed by atoms with Crippen molar-refractivity contribution in [2.75, 3.05) is 19.1 Å². The number of anilines is 1. The fourth-order valence-electron chi connectivity index (χ4n) is 5.25. The minimum atomic E-state index is -0.0909. The summed E-state index contributed by atoms with van der Waals surface area (Å²) in [6.07, 6.45) is 10.4. The largest absolute Gasteiger partial charge is 0.497 e. The standard InChI is InChI=1S/C26H30N4O2S/c1-31-19-13-14-23(32-2)22(17-19)30-25(24(28-26(30)33)20-11-6-7-15-27-20)21-12-8-16-29(21)18-9-4-3-5-10-18/h6-8,11-18,24-25H,3-5,9-10H2,1-2H3,(H,28,33)/t24-,25-/m0/s1. The van der Waals surface area contributed by atoms with Crippen molar-refractivity contribution in [3.8, 4) is 11.5 Å². The Balaban J connectivity index is 1.65. The molecule has 172 valence electrons. The quantitative estimate of drug-likeness (QED) is 0.483. The molecule has 33 heavy (non-hydrogen) atoms. The Morgan fingerprint density at radius 3 is 2.58 bits per heavy atom. The minimum Gasteiger partial charge on any atom is -0.497 e. The summed E-state index contributed by atoms with van der Waals surface area (Å²) < 4.78 is 13.8. The fourth-order valence-corrected chi connectivity index (χ4v) is 5.59.